The Labute approximate surface area is 101 Å². The second kappa shape index (κ2) is 4.23. The number of rotatable bonds is 1. The van der Waals surface area contributed by atoms with Gasteiger partial charge < -0.3 is 0 Å². The summed E-state index contributed by atoms with van der Waals surface area (Å²) in [4.78, 5) is 10.8. The lowest BCUT2D eigenvalue weighted by atomic mass is 10.0. The molecule has 0 spiro atoms. The summed E-state index contributed by atoms with van der Waals surface area (Å²) in [6.07, 6.45) is 1.74. The van der Waals surface area contributed by atoms with E-state index in [1.807, 2.05) is 0 Å². The van der Waals surface area contributed by atoms with Gasteiger partial charge in [0.15, 0.2) is 17.9 Å². The van der Waals surface area contributed by atoms with E-state index in [9.17, 15) is 13.6 Å². The maximum absolute atomic E-state index is 13.2. The molecule has 0 bridgehead atoms. The number of benzene rings is 1. The summed E-state index contributed by atoms with van der Waals surface area (Å²) in [5.41, 5.74) is 0.355. The molecule has 0 amide bonds. The van der Waals surface area contributed by atoms with Crippen molar-refractivity contribution in [1.82, 2.24) is 0 Å². The highest BCUT2D eigenvalue weighted by molar-refractivity contribution is 6.17. The monoisotopic (exact) mass is 242 g/mol. The van der Waals surface area contributed by atoms with Crippen molar-refractivity contribution in [2.45, 2.75) is 0 Å². The molecule has 18 heavy (non-hydrogen) atoms. The Balaban J connectivity index is 2.83. The number of hydrogen-bond donors (Lipinski definition) is 0. The van der Waals surface area contributed by atoms with E-state index in [0.29, 0.717) is 6.29 Å². The normalized spacial score (nSPS) is 12.2. The maximum Gasteiger partial charge on any atom is 0.159 e. The molecule has 0 unspecified atom stereocenters. The van der Waals surface area contributed by atoms with Crippen LogP contribution in [0, 0.1) is 34.3 Å². The Kier molecular flexibility index (Phi) is 2.75. The zero-order valence-electron chi connectivity index (χ0n) is 8.87. The van der Waals surface area contributed by atoms with E-state index in [1.165, 1.54) is 6.08 Å². The van der Waals surface area contributed by atoms with Crippen LogP contribution in [0.1, 0.15) is 11.1 Å². The number of carbonyl (C=O) groups is 1. The molecule has 5 heteroatoms. The molecule has 1 aliphatic carbocycles. The molecule has 3 nitrogen and oxygen atoms in total. The summed E-state index contributed by atoms with van der Waals surface area (Å²) < 4.78 is 26.3. The van der Waals surface area contributed by atoms with Crippen LogP contribution in [0.15, 0.2) is 23.8 Å². The van der Waals surface area contributed by atoms with Gasteiger partial charge in [-0.3, -0.25) is 4.79 Å². The largest absolute Gasteiger partial charge is 0.298 e. The quantitative estimate of drug-likeness (QED) is 0.560. The van der Waals surface area contributed by atoms with Crippen molar-refractivity contribution in [3.8, 4) is 12.1 Å². The summed E-state index contributed by atoms with van der Waals surface area (Å²) in [5.74, 6) is -2.18. The van der Waals surface area contributed by atoms with Crippen molar-refractivity contribution in [1.29, 1.82) is 10.5 Å². The average Bonchev–Trinajstić information content (AvgIpc) is 2.70. The molecule has 86 valence electrons. The van der Waals surface area contributed by atoms with E-state index < -0.39 is 11.6 Å². The molecule has 1 aromatic rings. The molecule has 0 saturated heterocycles. The molecule has 0 heterocycles. The second-order valence-electron chi connectivity index (χ2n) is 3.54. The lowest BCUT2D eigenvalue weighted by Gasteiger charge is -2.03. The number of nitrogens with zero attached hydrogens (tertiary/aromatic N) is 2. The van der Waals surface area contributed by atoms with Gasteiger partial charge >= 0.3 is 0 Å². The predicted octanol–water partition coefficient (Wildman–Crippen LogP) is 2.36. The number of allylic oxidation sites excluding steroid dienone is 4. The molecule has 0 N–H and O–H groups in total. The van der Waals surface area contributed by atoms with Gasteiger partial charge in [-0.2, -0.15) is 10.5 Å². The fourth-order valence-electron chi connectivity index (χ4n) is 1.77. The number of nitriles is 2. The zero-order valence-corrected chi connectivity index (χ0v) is 8.87. The van der Waals surface area contributed by atoms with Crippen molar-refractivity contribution in [3.05, 3.63) is 46.5 Å². The minimum absolute atomic E-state index is 0.113. The zero-order chi connectivity index (χ0) is 13.3. The van der Waals surface area contributed by atoms with Crippen LogP contribution in [-0.4, -0.2) is 6.29 Å². The van der Waals surface area contributed by atoms with Gasteiger partial charge in [-0.05, 0) is 29.3 Å². The van der Waals surface area contributed by atoms with E-state index in [2.05, 4.69) is 0 Å². The first kappa shape index (κ1) is 11.7. The molecule has 1 aromatic carbocycles. The molecule has 0 aliphatic heterocycles. The summed E-state index contributed by atoms with van der Waals surface area (Å²) in [6, 6.07) is 5.07. The van der Waals surface area contributed by atoms with Crippen LogP contribution in [0.2, 0.25) is 0 Å². The topological polar surface area (TPSA) is 64.7 Å². The lowest BCUT2D eigenvalue weighted by Crippen LogP contribution is -1.93. The van der Waals surface area contributed by atoms with Gasteiger partial charge in [-0.25, -0.2) is 8.78 Å². The van der Waals surface area contributed by atoms with E-state index in [0.717, 1.165) is 12.1 Å². The van der Waals surface area contributed by atoms with Gasteiger partial charge in [-0.15, -0.1) is 0 Å². The molecule has 0 saturated carbocycles. The molecule has 0 radical (unpaired) electrons. The Hall–Kier alpha value is -2.79. The second-order valence-corrected chi connectivity index (χ2v) is 3.54. The minimum atomic E-state index is -1.10. The highest BCUT2D eigenvalue weighted by Gasteiger charge is 2.23. The number of aldehydes is 1. The van der Waals surface area contributed by atoms with Crippen LogP contribution >= 0.6 is 0 Å². The third-order valence-electron chi connectivity index (χ3n) is 2.58. The Morgan fingerprint density at radius 1 is 1.11 bits per heavy atom. The number of halogens is 2. The Morgan fingerprint density at radius 2 is 1.67 bits per heavy atom. The average molecular weight is 242 g/mol. The van der Waals surface area contributed by atoms with Gasteiger partial charge in [0.05, 0.1) is 0 Å². The molecule has 1 aliphatic rings. The molecular weight excluding hydrogens is 238 g/mol. The van der Waals surface area contributed by atoms with Crippen molar-refractivity contribution < 1.29 is 13.6 Å². The van der Waals surface area contributed by atoms with Gasteiger partial charge in [0.2, 0.25) is 0 Å². The van der Waals surface area contributed by atoms with Gasteiger partial charge in [-0.1, -0.05) is 0 Å². The van der Waals surface area contributed by atoms with Crippen LogP contribution in [0.5, 0.6) is 0 Å². The number of hydrogen-bond acceptors (Lipinski definition) is 3. The minimum Gasteiger partial charge on any atom is -0.298 e. The summed E-state index contributed by atoms with van der Waals surface area (Å²) in [5, 5.41) is 17.6. The highest BCUT2D eigenvalue weighted by atomic mass is 19.2. The highest BCUT2D eigenvalue weighted by Crippen LogP contribution is 2.37. The van der Waals surface area contributed by atoms with Crippen LogP contribution in [0.3, 0.4) is 0 Å². The number of carbonyl (C=O) groups excluding carboxylic acids is 1. The first-order chi connectivity index (χ1) is 8.62. The van der Waals surface area contributed by atoms with E-state index >= 15 is 0 Å². The third kappa shape index (κ3) is 1.59. The predicted molar refractivity (Wildman–Crippen MR) is 58.5 cm³/mol. The Morgan fingerprint density at radius 3 is 2.17 bits per heavy atom. The van der Waals surface area contributed by atoms with Crippen LogP contribution in [-0.2, 0) is 4.79 Å². The molecule has 0 aromatic heterocycles. The van der Waals surface area contributed by atoms with E-state index in [4.69, 9.17) is 10.5 Å². The van der Waals surface area contributed by atoms with Gasteiger partial charge in [0.1, 0.15) is 17.7 Å². The first-order valence-corrected chi connectivity index (χ1v) is 4.83. The summed E-state index contributed by atoms with van der Waals surface area (Å²) in [6.45, 7) is 0. The van der Waals surface area contributed by atoms with Gasteiger partial charge in [0.25, 0.3) is 0 Å². The summed E-state index contributed by atoms with van der Waals surface area (Å²) in [7, 11) is 0. The van der Waals surface area contributed by atoms with E-state index in [1.54, 1.807) is 12.1 Å². The van der Waals surface area contributed by atoms with Crippen LogP contribution < -0.4 is 0 Å². The van der Waals surface area contributed by atoms with E-state index in [-0.39, 0.29) is 27.8 Å². The van der Waals surface area contributed by atoms with Crippen LogP contribution in [0.4, 0.5) is 8.78 Å². The Bertz CT molecular complexity index is 687. The third-order valence-corrected chi connectivity index (χ3v) is 2.58. The SMILES string of the molecule is N#CC(C#N)=C1C=C(C=O)c2cc(F)c(F)cc21. The first-order valence-electron chi connectivity index (χ1n) is 4.83. The molecule has 0 fully saturated rings. The van der Waals surface area contributed by atoms with Crippen molar-refractivity contribution >= 4 is 17.4 Å². The van der Waals surface area contributed by atoms with Crippen molar-refractivity contribution in [3.63, 3.8) is 0 Å². The van der Waals surface area contributed by atoms with Crippen LogP contribution in [0.25, 0.3) is 11.1 Å². The number of fused-ring (bicyclic) bond motifs is 1. The molecular formula is C13H4F2N2O. The molecule has 0 atom stereocenters. The maximum atomic E-state index is 13.2. The standard InChI is InChI=1S/C13H4F2N2O/c14-12-2-10-7(6-18)1-9(8(4-16)5-17)11(10)3-13(12)15/h1-3,6H. The van der Waals surface area contributed by atoms with Crippen molar-refractivity contribution in [2.24, 2.45) is 0 Å². The fraction of sp³-hybridized carbons (Fsp3) is 0. The smallest absolute Gasteiger partial charge is 0.159 e. The lowest BCUT2D eigenvalue weighted by molar-refractivity contribution is -0.103. The van der Waals surface area contributed by atoms with Crippen molar-refractivity contribution in [2.75, 3.05) is 0 Å². The fourth-order valence-corrected chi connectivity index (χ4v) is 1.77. The molecule has 2 rings (SSSR count). The van der Waals surface area contributed by atoms with Gasteiger partial charge in [0, 0.05) is 11.1 Å². The summed E-state index contributed by atoms with van der Waals surface area (Å²) >= 11 is 0.